The van der Waals surface area contributed by atoms with Gasteiger partial charge < -0.3 is 10.4 Å². The van der Waals surface area contributed by atoms with Gasteiger partial charge in [0.1, 0.15) is 5.75 Å². The lowest BCUT2D eigenvalue weighted by molar-refractivity contribution is -0.115. The molecule has 2 rings (SSSR count). The van der Waals surface area contributed by atoms with E-state index in [2.05, 4.69) is 24.3 Å². The smallest absolute Gasteiger partial charge is 0.243 e. The van der Waals surface area contributed by atoms with Crippen LogP contribution in [0, 0.1) is 19.8 Å². The first-order valence-electron chi connectivity index (χ1n) is 10.2. The number of rotatable bonds is 9. The molecule has 9 heteroatoms. The maximum atomic E-state index is 12.7. The summed E-state index contributed by atoms with van der Waals surface area (Å²) in [4.78, 5) is 12.7. The molecule has 1 amide bonds. The van der Waals surface area contributed by atoms with Gasteiger partial charge in [-0.3, -0.25) is 9.48 Å². The third-order valence-electron chi connectivity index (χ3n) is 4.99. The number of hydrogen-bond acceptors (Lipinski definition) is 5. The van der Waals surface area contributed by atoms with Gasteiger partial charge in [-0.25, -0.2) is 8.42 Å². The fraction of sp³-hybridized carbons (Fsp3) is 0.524. The first-order chi connectivity index (χ1) is 14.0. The molecule has 2 aromatic rings. The van der Waals surface area contributed by atoms with Gasteiger partial charge >= 0.3 is 0 Å². The zero-order valence-electron chi connectivity index (χ0n) is 18.6. The van der Waals surface area contributed by atoms with Crippen LogP contribution >= 0.6 is 0 Å². The number of phenols is 1. The molecule has 0 atom stereocenters. The van der Waals surface area contributed by atoms with Gasteiger partial charge in [0.2, 0.25) is 15.9 Å². The second-order valence-electron chi connectivity index (χ2n) is 7.72. The Balaban J connectivity index is 2.25. The minimum Gasteiger partial charge on any atom is -0.506 e. The van der Waals surface area contributed by atoms with Crippen LogP contribution in [0.3, 0.4) is 0 Å². The van der Waals surface area contributed by atoms with Crippen molar-refractivity contribution in [3.8, 4) is 5.75 Å². The van der Waals surface area contributed by atoms with Crippen molar-refractivity contribution in [1.29, 1.82) is 0 Å². The van der Waals surface area contributed by atoms with Crippen molar-refractivity contribution in [2.24, 2.45) is 5.92 Å². The topological polar surface area (TPSA) is 105 Å². The number of sulfonamides is 1. The highest BCUT2D eigenvalue weighted by atomic mass is 32.2. The predicted molar refractivity (Wildman–Crippen MR) is 117 cm³/mol. The van der Waals surface area contributed by atoms with E-state index in [1.54, 1.807) is 13.8 Å². The summed E-state index contributed by atoms with van der Waals surface area (Å²) in [5.41, 5.74) is 2.61. The summed E-state index contributed by atoms with van der Waals surface area (Å²) in [6.45, 7) is 12.9. The van der Waals surface area contributed by atoms with E-state index in [9.17, 15) is 18.3 Å². The normalized spacial score (nSPS) is 12.0. The number of hydrogen-bond donors (Lipinski definition) is 2. The molecule has 2 N–H and O–H groups in total. The number of nitrogens with one attached hydrogen (secondary N) is 1. The number of phenolic OH excluding ortho intramolecular Hbond substituents is 1. The lowest BCUT2D eigenvalue weighted by atomic mass is 10.1. The molecule has 0 spiro atoms. The standard InChI is InChI=1S/C21H32N4O4S/c1-7-24(8-2)30(28,29)17-9-10-20(26)19(11-17)22-21(27)12-18-15(5)23-25(16(18)6)13-14(3)4/h9-11,14,26H,7-8,12-13H2,1-6H3,(H,22,27). The highest BCUT2D eigenvalue weighted by molar-refractivity contribution is 7.89. The number of carbonyl (C=O) groups excluding carboxylic acids is 1. The van der Waals surface area contributed by atoms with Crippen LogP contribution in [0.2, 0.25) is 0 Å². The van der Waals surface area contributed by atoms with E-state index in [0.29, 0.717) is 19.0 Å². The quantitative estimate of drug-likeness (QED) is 0.588. The van der Waals surface area contributed by atoms with Gasteiger partial charge in [-0.05, 0) is 38.0 Å². The van der Waals surface area contributed by atoms with Crippen LogP contribution in [-0.2, 0) is 27.8 Å². The van der Waals surface area contributed by atoms with Crippen molar-refractivity contribution in [2.45, 2.75) is 59.4 Å². The number of benzene rings is 1. The number of carbonyl (C=O) groups is 1. The van der Waals surface area contributed by atoms with Gasteiger partial charge in [0.05, 0.1) is 22.7 Å². The Morgan fingerprint density at radius 1 is 1.23 bits per heavy atom. The summed E-state index contributed by atoms with van der Waals surface area (Å²) >= 11 is 0. The average Bonchev–Trinajstić information content (AvgIpc) is 2.91. The Hall–Kier alpha value is -2.39. The van der Waals surface area contributed by atoms with Gasteiger partial charge in [-0.2, -0.15) is 9.40 Å². The Morgan fingerprint density at radius 2 is 1.87 bits per heavy atom. The van der Waals surface area contributed by atoms with E-state index < -0.39 is 10.0 Å². The molecule has 166 valence electrons. The molecule has 1 aromatic heterocycles. The van der Waals surface area contributed by atoms with Crippen molar-refractivity contribution < 1.29 is 18.3 Å². The van der Waals surface area contributed by atoms with Gasteiger partial charge in [0.15, 0.2) is 0 Å². The van der Waals surface area contributed by atoms with Crippen LogP contribution in [0.4, 0.5) is 5.69 Å². The predicted octanol–water partition coefficient (Wildman–Crippen LogP) is 3.07. The van der Waals surface area contributed by atoms with Gasteiger partial charge in [-0.15, -0.1) is 0 Å². The summed E-state index contributed by atoms with van der Waals surface area (Å²) in [5, 5.41) is 17.3. The van der Waals surface area contributed by atoms with Gasteiger partial charge in [-0.1, -0.05) is 27.7 Å². The summed E-state index contributed by atoms with van der Waals surface area (Å²) in [5.74, 6) is -0.110. The minimum atomic E-state index is -3.70. The van der Waals surface area contributed by atoms with Gasteiger partial charge in [0.25, 0.3) is 0 Å². The van der Waals surface area contributed by atoms with E-state index in [-0.39, 0.29) is 28.7 Å². The molecule has 0 saturated heterocycles. The zero-order valence-corrected chi connectivity index (χ0v) is 19.4. The first-order valence-corrected chi connectivity index (χ1v) is 11.6. The summed E-state index contributed by atoms with van der Waals surface area (Å²) in [6.07, 6.45) is 0.0855. The maximum absolute atomic E-state index is 12.7. The van der Waals surface area contributed by atoms with Crippen LogP contribution in [0.5, 0.6) is 5.75 Å². The van der Waals surface area contributed by atoms with E-state index in [0.717, 1.165) is 23.5 Å². The number of amides is 1. The summed E-state index contributed by atoms with van der Waals surface area (Å²) < 4.78 is 28.7. The Morgan fingerprint density at radius 3 is 2.43 bits per heavy atom. The number of nitrogens with zero attached hydrogens (tertiary/aromatic N) is 3. The highest BCUT2D eigenvalue weighted by Gasteiger charge is 2.23. The van der Waals surface area contributed by atoms with Crippen molar-refractivity contribution in [2.75, 3.05) is 18.4 Å². The molecule has 0 radical (unpaired) electrons. The van der Waals surface area contributed by atoms with Crippen molar-refractivity contribution >= 4 is 21.6 Å². The third kappa shape index (κ3) is 5.20. The fourth-order valence-electron chi connectivity index (χ4n) is 3.36. The van der Waals surface area contributed by atoms with Crippen LogP contribution in [0.15, 0.2) is 23.1 Å². The maximum Gasteiger partial charge on any atom is 0.243 e. The molecule has 0 fully saturated rings. The second-order valence-corrected chi connectivity index (χ2v) is 9.66. The van der Waals surface area contributed by atoms with Crippen LogP contribution in [0.1, 0.15) is 44.6 Å². The average molecular weight is 437 g/mol. The molecule has 1 aromatic carbocycles. The Kier molecular flexibility index (Phi) is 7.65. The van der Waals surface area contributed by atoms with Crippen LogP contribution in [0.25, 0.3) is 0 Å². The lowest BCUT2D eigenvalue weighted by Gasteiger charge is -2.19. The SMILES string of the molecule is CCN(CC)S(=O)(=O)c1ccc(O)c(NC(=O)Cc2c(C)nn(CC(C)C)c2C)c1. The monoisotopic (exact) mass is 436 g/mol. The molecule has 0 aliphatic heterocycles. The first kappa shape index (κ1) is 23.9. The van der Waals surface area contributed by atoms with Crippen molar-refractivity contribution in [1.82, 2.24) is 14.1 Å². The molecule has 0 bridgehead atoms. The van der Waals surface area contributed by atoms with E-state index in [4.69, 9.17) is 0 Å². The molecule has 1 heterocycles. The van der Waals surface area contributed by atoms with E-state index >= 15 is 0 Å². The highest BCUT2D eigenvalue weighted by Crippen LogP contribution is 2.28. The molecule has 0 unspecified atom stereocenters. The zero-order chi connectivity index (χ0) is 22.6. The van der Waals surface area contributed by atoms with Crippen LogP contribution in [-0.4, -0.2) is 46.6 Å². The Bertz CT molecular complexity index is 1010. The largest absolute Gasteiger partial charge is 0.506 e. The Labute approximate surface area is 179 Å². The van der Waals surface area contributed by atoms with Crippen LogP contribution < -0.4 is 5.32 Å². The number of aromatic nitrogens is 2. The van der Waals surface area contributed by atoms with E-state index in [1.807, 2.05) is 18.5 Å². The molecule has 8 nitrogen and oxygen atoms in total. The third-order valence-corrected chi connectivity index (χ3v) is 7.04. The number of aryl methyl sites for hydroxylation is 1. The minimum absolute atomic E-state index is 0.0245. The molecular weight excluding hydrogens is 404 g/mol. The molecule has 30 heavy (non-hydrogen) atoms. The summed E-state index contributed by atoms with van der Waals surface area (Å²) in [6, 6.07) is 3.91. The van der Waals surface area contributed by atoms with Gasteiger partial charge in [0, 0.05) is 30.9 Å². The molecule has 0 aliphatic carbocycles. The lowest BCUT2D eigenvalue weighted by Crippen LogP contribution is -2.30. The van der Waals surface area contributed by atoms with Crippen molar-refractivity contribution in [3.63, 3.8) is 0 Å². The molecule has 0 aliphatic rings. The fourth-order valence-corrected chi connectivity index (χ4v) is 4.84. The molecular formula is C21H32N4O4S. The number of anilines is 1. The number of aromatic hydroxyl groups is 1. The van der Waals surface area contributed by atoms with Crippen molar-refractivity contribution in [3.05, 3.63) is 35.2 Å². The summed E-state index contributed by atoms with van der Waals surface area (Å²) in [7, 11) is -3.70. The molecule has 0 saturated carbocycles. The van der Waals surface area contributed by atoms with E-state index in [1.165, 1.54) is 22.5 Å². The second kappa shape index (κ2) is 9.61.